The summed E-state index contributed by atoms with van der Waals surface area (Å²) in [6.07, 6.45) is 1.43. The third kappa shape index (κ3) is 4.90. The Morgan fingerprint density at radius 2 is 1.63 bits per heavy atom. The highest BCUT2D eigenvalue weighted by molar-refractivity contribution is 7.99. The molecule has 0 radical (unpaired) electrons. The summed E-state index contributed by atoms with van der Waals surface area (Å²) in [5.41, 5.74) is 2.98. The Morgan fingerprint density at radius 3 is 2.17 bits per heavy atom. The SMILES string of the molecule is CCCS[C@@H]1C[C@@H](c2ccc(C)cc2)N(S(=O)(=O)c2ccc(C)cc2)C[C@H]1C(=O)O. The molecule has 5 nitrogen and oxygen atoms in total. The standard InChI is InChI=1S/C23H29NO4S2/c1-4-13-29-22-14-21(18-9-5-16(2)6-10-18)24(15-20(22)23(25)26)30(27,28)19-11-7-17(3)8-12-19/h5-12,20-22H,4,13-15H2,1-3H3,(H,25,26)/t20-,21+,22-/m1/s1. The Labute approximate surface area is 183 Å². The number of benzene rings is 2. The molecule has 1 fully saturated rings. The van der Waals surface area contributed by atoms with Gasteiger partial charge in [0.2, 0.25) is 10.0 Å². The molecule has 162 valence electrons. The minimum Gasteiger partial charge on any atom is -0.481 e. The molecule has 3 rings (SSSR count). The molecule has 1 saturated heterocycles. The van der Waals surface area contributed by atoms with Crippen molar-refractivity contribution in [1.82, 2.24) is 4.31 Å². The van der Waals surface area contributed by atoms with Gasteiger partial charge in [0, 0.05) is 11.8 Å². The van der Waals surface area contributed by atoms with Gasteiger partial charge in [0.15, 0.2) is 0 Å². The maximum absolute atomic E-state index is 13.6. The fourth-order valence-electron chi connectivity index (χ4n) is 3.83. The summed E-state index contributed by atoms with van der Waals surface area (Å²) < 4.78 is 28.5. The van der Waals surface area contributed by atoms with Gasteiger partial charge >= 0.3 is 5.97 Å². The van der Waals surface area contributed by atoms with Crippen molar-refractivity contribution < 1.29 is 18.3 Å². The minimum atomic E-state index is -3.84. The van der Waals surface area contributed by atoms with Gasteiger partial charge in [0.1, 0.15) is 0 Å². The lowest BCUT2D eigenvalue weighted by molar-refractivity contribution is -0.143. The van der Waals surface area contributed by atoms with E-state index in [1.165, 1.54) is 4.31 Å². The van der Waals surface area contributed by atoms with Crippen LogP contribution in [0.2, 0.25) is 0 Å². The molecule has 0 spiro atoms. The molecule has 0 aliphatic carbocycles. The van der Waals surface area contributed by atoms with Crippen LogP contribution in [0, 0.1) is 19.8 Å². The summed E-state index contributed by atoms with van der Waals surface area (Å²) in [4.78, 5) is 12.2. The van der Waals surface area contributed by atoms with Crippen LogP contribution in [0.1, 0.15) is 42.5 Å². The van der Waals surface area contributed by atoms with Crippen LogP contribution in [0.3, 0.4) is 0 Å². The van der Waals surface area contributed by atoms with E-state index in [4.69, 9.17) is 0 Å². The number of carboxylic acid groups (broad SMARTS) is 1. The highest BCUT2D eigenvalue weighted by Gasteiger charge is 2.45. The fraction of sp³-hybridized carbons (Fsp3) is 0.435. The Bertz CT molecular complexity index is 971. The van der Waals surface area contributed by atoms with Gasteiger partial charge in [-0.1, -0.05) is 54.4 Å². The van der Waals surface area contributed by atoms with E-state index in [9.17, 15) is 18.3 Å². The average molecular weight is 448 g/mol. The second kappa shape index (κ2) is 9.54. The average Bonchev–Trinajstić information content (AvgIpc) is 2.72. The molecule has 0 unspecified atom stereocenters. The zero-order valence-corrected chi connectivity index (χ0v) is 19.2. The molecule has 1 aliphatic heterocycles. The van der Waals surface area contributed by atoms with Crippen molar-refractivity contribution in [2.24, 2.45) is 5.92 Å². The number of carbonyl (C=O) groups is 1. The summed E-state index contributed by atoms with van der Waals surface area (Å²) in [5.74, 6) is -0.807. The smallest absolute Gasteiger partial charge is 0.308 e. The fourth-order valence-corrected chi connectivity index (χ4v) is 6.78. The monoisotopic (exact) mass is 447 g/mol. The van der Waals surface area contributed by atoms with E-state index >= 15 is 0 Å². The van der Waals surface area contributed by atoms with Gasteiger partial charge in [-0.15, -0.1) is 0 Å². The second-order valence-electron chi connectivity index (χ2n) is 7.90. The van der Waals surface area contributed by atoms with Crippen molar-refractivity contribution in [2.45, 2.75) is 49.8 Å². The predicted octanol–water partition coefficient (Wildman–Crippen LogP) is 4.65. The molecule has 1 heterocycles. The lowest BCUT2D eigenvalue weighted by Crippen LogP contribution is -2.49. The molecule has 30 heavy (non-hydrogen) atoms. The molecule has 2 aromatic rings. The molecule has 0 aromatic heterocycles. The summed E-state index contributed by atoms with van der Waals surface area (Å²) >= 11 is 1.64. The van der Waals surface area contributed by atoms with Gasteiger partial charge in [-0.3, -0.25) is 4.79 Å². The number of hydrogen-bond acceptors (Lipinski definition) is 4. The van der Waals surface area contributed by atoms with Crippen LogP contribution >= 0.6 is 11.8 Å². The van der Waals surface area contributed by atoms with Gasteiger partial charge < -0.3 is 5.11 Å². The largest absolute Gasteiger partial charge is 0.481 e. The van der Waals surface area contributed by atoms with Crippen LogP contribution in [0.4, 0.5) is 0 Å². The molecular weight excluding hydrogens is 418 g/mol. The van der Waals surface area contributed by atoms with Crippen molar-refractivity contribution in [3.8, 4) is 0 Å². The summed E-state index contributed by atoms with van der Waals surface area (Å²) in [5, 5.41) is 9.73. The lowest BCUT2D eigenvalue weighted by Gasteiger charge is -2.41. The van der Waals surface area contributed by atoms with Gasteiger partial charge in [0.25, 0.3) is 0 Å². The number of carboxylic acids is 1. The van der Waals surface area contributed by atoms with E-state index in [1.807, 2.05) is 38.1 Å². The Morgan fingerprint density at radius 1 is 1.07 bits per heavy atom. The Balaban J connectivity index is 2.04. The normalized spacial score (nSPS) is 22.7. The maximum atomic E-state index is 13.6. The van der Waals surface area contributed by atoms with E-state index in [1.54, 1.807) is 36.0 Å². The molecule has 0 saturated carbocycles. The third-order valence-corrected chi connectivity index (χ3v) is 9.05. The number of rotatable bonds is 7. The minimum absolute atomic E-state index is 0.0224. The first kappa shape index (κ1) is 22.8. The highest BCUT2D eigenvalue weighted by atomic mass is 32.2. The molecule has 7 heteroatoms. The number of hydrogen-bond donors (Lipinski definition) is 1. The number of sulfonamides is 1. The van der Waals surface area contributed by atoms with Crippen LogP contribution in [0.15, 0.2) is 53.4 Å². The quantitative estimate of drug-likeness (QED) is 0.669. The van der Waals surface area contributed by atoms with Crippen LogP contribution in [-0.4, -0.2) is 41.3 Å². The van der Waals surface area contributed by atoms with Crippen molar-refractivity contribution in [3.05, 3.63) is 65.2 Å². The van der Waals surface area contributed by atoms with Gasteiger partial charge in [-0.05, 0) is 50.1 Å². The first-order valence-electron chi connectivity index (χ1n) is 10.2. The van der Waals surface area contributed by atoms with E-state index in [0.29, 0.717) is 6.42 Å². The van der Waals surface area contributed by atoms with Crippen molar-refractivity contribution in [3.63, 3.8) is 0 Å². The van der Waals surface area contributed by atoms with Crippen molar-refractivity contribution >= 4 is 27.8 Å². The first-order valence-corrected chi connectivity index (χ1v) is 12.7. The molecule has 1 aliphatic rings. The third-order valence-electron chi connectivity index (χ3n) is 5.57. The zero-order chi connectivity index (χ0) is 21.9. The topological polar surface area (TPSA) is 74.7 Å². The van der Waals surface area contributed by atoms with Crippen LogP contribution < -0.4 is 0 Å². The van der Waals surface area contributed by atoms with Crippen LogP contribution in [-0.2, 0) is 14.8 Å². The van der Waals surface area contributed by atoms with Crippen molar-refractivity contribution in [1.29, 1.82) is 0 Å². The summed E-state index contributed by atoms with van der Waals surface area (Å²) in [7, 11) is -3.84. The number of thioether (sulfide) groups is 1. The van der Waals surface area contributed by atoms with Gasteiger partial charge in [0.05, 0.1) is 16.9 Å². The van der Waals surface area contributed by atoms with E-state index in [-0.39, 0.29) is 22.7 Å². The van der Waals surface area contributed by atoms with Crippen molar-refractivity contribution in [2.75, 3.05) is 12.3 Å². The molecular formula is C23H29NO4S2. The predicted molar refractivity (Wildman–Crippen MR) is 121 cm³/mol. The summed E-state index contributed by atoms with van der Waals surface area (Å²) in [6.45, 7) is 5.94. The Hall–Kier alpha value is -1.83. The van der Waals surface area contributed by atoms with Crippen LogP contribution in [0.25, 0.3) is 0 Å². The number of aliphatic carboxylic acids is 1. The first-order chi connectivity index (χ1) is 14.2. The Kier molecular flexibility index (Phi) is 7.26. The molecule has 2 aromatic carbocycles. The molecule has 0 amide bonds. The molecule has 1 N–H and O–H groups in total. The van der Waals surface area contributed by atoms with E-state index in [0.717, 1.165) is 28.9 Å². The lowest BCUT2D eigenvalue weighted by atomic mass is 9.90. The van der Waals surface area contributed by atoms with Crippen LogP contribution in [0.5, 0.6) is 0 Å². The molecule has 3 atom stereocenters. The van der Waals surface area contributed by atoms with E-state index in [2.05, 4.69) is 6.92 Å². The highest BCUT2D eigenvalue weighted by Crippen LogP contribution is 2.42. The number of nitrogens with zero attached hydrogens (tertiary/aromatic N) is 1. The zero-order valence-electron chi connectivity index (χ0n) is 17.6. The maximum Gasteiger partial charge on any atom is 0.308 e. The van der Waals surface area contributed by atoms with E-state index < -0.39 is 21.9 Å². The number of aryl methyl sites for hydroxylation is 2. The summed E-state index contributed by atoms with van der Waals surface area (Å²) in [6, 6.07) is 14.2. The second-order valence-corrected chi connectivity index (χ2v) is 11.1. The molecule has 0 bridgehead atoms. The van der Waals surface area contributed by atoms with Gasteiger partial charge in [-0.2, -0.15) is 16.1 Å². The number of piperidine rings is 1. The van der Waals surface area contributed by atoms with Gasteiger partial charge in [-0.25, -0.2) is 8.42 Å².